The molecule has 1 aliphatic heterocycles. The molecule has 0 saturated carbocycles. The second-order valence-corrected chi connectivity index (χ2v) is 6.34. The van der Waals surface area contributed by atoms with Gasteiger partial charge >= 0.3 is 0 Å². The first kappa shape index (κ1) is 20.2. The first-order chi connectivity index (χ1) is 11.5. The summed E-state index contributed by atoms with van der Waals surface area (Å²) in [6, 6.07) is 0. The quantitative estimate of drug-likeness (QED) is 0.414. The van der Waals surface area contributed by atoms with Crippen LogP contribution in [0.1, 0.15) is 42.3 Å². The normalized spacial score (nSPS) is 20.6. The molecule has 8 heteroatoms. The minimum absolute atomic E-state index is 0. The van der Waals surface area contributed by atoms with Crippen molar-refractivity contribution >= 4 is 46.9 Å². The van der Waals surface area contributed by atoms with E-state index in [9.17, 15) is 29.7 Å². The fourth-order valence-corrected chi connectivity index (χ4v) is 3.36. The molecule has 0 fully saturated rings. The summed E-state index contributed by atoms with van der Waals surface area (Å²) < 4.78 is 5.59. The Morgan fingerprint density at radius 3 is 2.15 bits per heavy atom. The summed E-state index contributed by atoms with van der Waals surface area (Å²) in [5.41, 5.74) is -2.15. The van der Waals surface area contributed by atoms with Gasteiger partial charge in [0.2, 0.25) is 0 Å². The number of rotatable bonds is 2. The minimum atomic E-state index is -1.59. The Hall–Kier alpha value is -2.09. The largest absolute Gasteiger partial charge is 0.507 e. The molecule has 0 aromatic heterocycles. The number of carbonyl (C=O) groups excluding carboxylic acids is 3. The van der Waals surface area contributed by atoms with Gasteiger partial charge in [-0.2, -0.15) is 0 Å². The average molecular weight is 367 g/mol. The summed E-state index contributed by atoms with van der Waals surface area (Å²) in [6.45, 7) is 5.19. The molecule has 7 nitrogen and oxygen atoms in total. The molecule has 1 aliphatic carbocycles. The van der Waals surface area contributed by atoms with Crippen molar-refractivity contribution in [3.05, 3.63) is 39.9 Å². The van der Waals surface area contributed by atoms with Crippen LogP contribution in [0.2, 0.25) is 0 Å². The third-order valence-electron chi connectivity index (χ3n) is 4.75. The van der Waals surface area contributed by atoms with Gasteiger partial charge in [0.25, 0.3) is 0 Å². The first-order valence-electron chi connectivity index (χ1n) is 7.52. The first-order valence-corrected chi connectivity index (χ1v) is 7.52. The van der Waals surface area contributed by atoms with Crippen molar-refractivity contribution in [3.63, 3.8) is 0 Å². The standard InChI is InChI=1S/C18H16O7.Na/c1-6-14(22)12(8(3)20)16-13(15(6)23)18(4)10(25-16)5-9(21)11(7(2)19)17(18)24;/h5,21-23H,1-4H3;. The summed E-state index contributed by atoms with van der Waals surface area (Å²) in [6.07, 6.45) is 1.12. The number of allylic oxidation sites excluding steroid dienone is 3. The molecule has 0 spiro atoms. The second-order valence-electron chi connectivity index (χ2n) is 6.34. The Kier molecular flexibility index (Phi) is 4.87. The van der Waals surface area contributed by atoms with Gasteiger partial charge in [0.1, 0.15) is 45.3 Å². The number of phenols is 2. The van der Waals surface area contributed by atoms with Crippen molar-refractivity contribution in [2.24, 2.45) is 0 Å². The molecule has 1 aromatic rings. The Morgan fingerprint density at radius 2 is 1.65 bits per heavy atom. The SMILES string of the molecule is CC(=O)C1=C(O)C=C2Oc3c(C(C)=O)c(O)c(C)c(O)c3C2(C)C1=O.[Na]. The number of hydrogen-bond acceptors (Lipinski definition) is 7. The number of phenolic OH excluding ortho intramolecular Hbond substituents is 2. The van der Waals surface area contributed by atoms with Crippen molar-refractivity contribution in [1.29, 1.82) is 0 Å². The smallest absolute Gasteiger partial charge is 0.188 e. The number of Topliss-reactive ketones (excluding diaryl/α,β-unsaturated/α-hetero) is 3. The van der Waals surface area contributed by atoms with Gasteiger partial charge in [-0.3, -0.25) is 14.4 Å². The van der Waals surface area contributed by atoms with Crippen LogP contribution in [0.25, 0.3) is 0 Å². The van der Waals surface area contributed by atoms with E-state index >= 15 is 0 Å². The minimum Gasteiger partial charge on any atom is -0.507 e. The van der Waals surface area contributed by atoms with E-state index in [-0.39, 0.29) is 57.8 Å². The molecule has 1 aromatic carbocycles. The fourth-order valence-electron chi connectivity index (χ4n) is 3.36. The number of carbonyl (C=O) groups is 3. The second kappa shape index (κ2) is 6.26. The molecular formula is C18H16NaO7. The van der Waals surface area contributed by atoms with Crippen LogP contribution in [-0.2, 0) is 15.0 Å². The Morgan fingerprint density at radius 1 is 1.08 bits per heavy atom. The predicted octanol–water partition coefficient (Wildman–Crippen LogP) is 1.75. The third kappa shape index (κ3) is 2.35. The third-order valence-corrected chi connectivity index (χ3v) is 4.75. The summed E-state index contributed by atoms with van der Waals surface area (Å²) in [7, 11) is 0. The van der Waals surface area contributed by atoms with Crippen LogP contribution < -0.4 is 4.74 Å². The van der Waals surface area contributed by atoms with E-state index < -0.39 is 45.6 Å². The van der Waals surface area contributed by atoms with Crippen LogP contribution in [0.5, 0.6) is 17.2 Å². The Bertz CT molecular complexity index is 955. The van der Waals surface area contributed by atoms with Crippen molar-refractivity contribution in [1.82, 2.24) is 0 Å². The molecule has 0 amide bonds. The maximum Gasteiger partial charge on any atom is 0.188 e. The number of ketones is 3. The molecule has 2 aliphatic rings. The topological polar surface area (TPSA) is 121 Å². The zero-order valence-corrected chi connectivity index (χ0v) is 17.1. The molecule has 1 heterocycles. The molecule has 0 saturated heterocycles. The van der Waals surface area contributed by atoms with Crippen molar-refractivity contribution < 1.29 is 34.4 Å². The molecule has 0 bridgehead atoms. The summed E-state index contributed by atoms with van der Waals surface area (Å²) in [5, 5.41) is 30.7. The monoisotopic (exact) mass is 367 g/mol. The van der Waals surface area contributed by atoms with Gasteiger partial charge in [-0.05, 0) is 27.7 Å². The van der Waals surface area contributed by atoms with Crippen LogP contribution >= 0.6 is 0 Å². The van der Waals surface area contributed by atoms with Crippen molar-refractivity contribution in [2.75, 3.05) is 0 Å². The van der Waals surface area contributed by atoms with Crippen LogP contribution in [0.4, 0.5) is 0 Å². The molecule has 26 heavy (non-hydrogen) atoms. The molecule has 1 radical (unpaired) electrons. The van der Waals surface area contributed by atoms with Crippen LogP contribution in [0.3, 0.4) is 0 Å². The summed E-state index contributed by atoms with van der Waals surface area (Å²) in [5.74, 6) is -3.45. The van der Waals surface area contributed by atoms with E-state index in [1.54, 1.807) is 0 Å². The van der Waals surface area contributed by atoms with E-state index in [4.69, 9.17) is 4.74 Å². The van der Waals surface area contributed by atoms with E-state index in [1.165, 1.54) is 20.8 Å². The van der Waals surface area contributed by atoms with E-state index in [0.29, 0.717) is 0 Å². The Balaban J connectivity index is 0.00000243. The van der Waals surface area contributed by atoms with Gasteiger partial charge in [0.15, 0.2) is 17.3 Å². The predicted molar refractivity (Wildman–Crippen MR) is 91.7 cm³/mol. The van der Waals surface area contributed by atoms with Crippen LogP contribution in [0.15, 0.2) is 23.2 Å². The molecule has 3 rings (SSSR count). The number of aliphatic hydroxyl groups excluding tert-OH is 1. The molecular weight excluding hydrogens is 351 g/mol. The number of ether oxygens (including phenoxy) is 1. The van der Waals surface area contributed by atoms with Gasteiger partial charge < -0.3 is 20.1 Å². The maximum atomic E-state index is 13.0. The van der Waals surface area contributed by atoms with Crippen molar-refractivity contribution in [3.8, 4) is 17.2 Å². The number of aromatic hydroxyl groups is 2. The Labute approximate surface area is 171 Å². The van der Waals surface area contributed by atoms with Gasteiger partial charge in [0.05, 0.1) is 5.56 Å². The summed E-state index contributed by atoms with van der Waals surface area (Å²) >= 11 is 0. The van der Waals surface area contributed by atoms with Gasteiger partial charge in [-0.1, -0.05) is 0 Å². The van der Waals surface area contributed by atoms with E-state index in [1.807, 2.05) is 0 Å². The number of aliphatic hydroxyl groups is 1. The number of benzene rings is 1. The molecule has 1 unspecified atom stereocenters. The number of hydrogen-bond donors (Lipinski definition) is 3. The summed E-state index contributed by atoms with van der Waals surface area (Å²) in [4.78, 5) is 36.7. The van der Waals surface area contributed by atoms with Crippen LogP contribution in [0, 0.1) is 6.92 Å². The molecule has 3 N–H and O–H groups in total. The fraction of sp³-hybridized carbons (Fsp3) is 0.278. The maximum absolute atomic E-state index is 13.0. The van der Waals surface area contributed by atoms with Crippen molar-refractivity contribution in [2.45, 2.75) is 33.1 Å². The van der Waals surface area contributed by atoms with Gasteiger partial charge in [-0.25, -0.2) is 0 Å². The molecule has 1 atom stereocenters. The van der Waals surface area contributed by atoms with E-state index in [2.05, 4.69) is 0 Å². The number of fused-ring (bicyclic) bond motifs is 3. The zero-order valence-electron chi connectivity index (χ0n) is 15.1. The average Bonchev–Trinajstić information content (AvgIpc) is 2.78. The van der Waals surface area contributed by atoms with Crippen LogP contribution in [-0.4, -0.2) is 62.2 Å². The van der Waals surface area contributed by atoms with E-state index in [0.717, 1.165) is 13.0 Å². The molecule has 131 valence electrons. The zero-order chi connectivity index (χ0) is 18.8. The van der Waals surface area contributed by atoms with Gasteiger partial charge in [0, 0.05) is 41.2 Å². The van der Waals surface area contributed by atoms with Gasteiger partial charge in [-0.15, -0.1) is 0 Å².